The maximum atomic E-state index is 11.1. The minimum absolute atomic E-state index is 0.0291. The van der Waals surface area contributed by atoms with Crippen molar-refractivity contribution in [3.8, 4) is 11.5 Å². The highest BCUT2D eigenvalue weighted by atomic mass is 35.5. The van der Waals surface area contributed by atoms with E-state index in [1.165, 1.54) is 32.4 Å². The summed E-state index contributed by atoms with van der Waals surface area (Å²) in [5.41, 5.74) is 0.372. The first-order valence-electron chi connectivity index (χ1n) is 4.51. The highest BCUT2D eigenvalue weighted by molar-refractivity contribution is 6.57. The number of hydrogen-bond donors (Lipinski definition) is 1. The summed E-state index contributed by atoms with van der Waals surface area (Å²) in [7, 11) is 2.88. The van der Waals surface area contributed by atoms with Crippen LogP contribution in [0, 0.1) is 0 Å². The molecule has 0 spiro atoms. The van der Waals surface area contributed by atoms with Crippen LogP contribution in [0.3, 0.4) is 0 Å². The first kappa shape index (κ1) is 13.7. The lowest BCUT2D eigenvalue weighted by molar-refractivity contribution is 0.0696. The van der Waals surface area contributed by atoms with Gasteiger partial charge in [0.2, 0.25) is 0 Å². The van der Waals surface area contributed by atoms with E-state index in [1.807, 2.05) is 0 Å². The predicted molar refractivity (Wildman–Crippen MR) is 66.2 cm³/mol. The van der Waals surface area contributed by atoms with Gasteiger partial charge in [0.25, 0.3) is 0 Å². The summed E-state index contributed by atoms with van der Waals surface area (Å²) >= 11 is 11.0. The molecule has 0 unspecified atom stereocenters. The van der Waals surface area contributed by atoms with Gasteiger partial charge in [-0.05, 0) is 23.8 Å². The Hall–Kier alpha value is -1.39. The third-order valence-electron chi connectivity index (χ3n) is 2.05. The molecular weight excluding hydrogens is 267 g/mol. The Morgan fingerprint density at radius 2 is 1.76 bits per heavy atom. The number of benzene rings is 1. The normalized spacial score (nSPS) is 9.65. The Morgan fingerprint density at radius 1 is 1.24 bits per heavy atom. The minimum Gasteiger partial charge on any atom is -0.493 e. The minimum atomic E-state index is -1.10. The molecule has 1 N–H and O–H groups in total. The number of aromatic carboxylic acids is 1. The molecule has 0 atom stereocenters. The van der Waals surface area contributed by atoms with Gasteiger partial charge >= 0.3 is 5.97 Å². The summed E-state index contributed by atoms with van der Waals surface area (Å²) in [4.78, 5) is 11.1. The van der Waals surface area contributed by atoms with Crippen LogP contribution in [-0.2, 0) is 0 Å². The standard InChI is InChI=1S/C11H10Cl2O4/c1-16-8-3-6(4-10(12)13)7(11(14)15)5-9(8)17-2/h3-5H,1-2H3,(H,14,15). The van der Waals surface area contributed by atoms with Crippen LogP contribution in [0.25, 0.3) is 6.08 Å². The van der Waals surface area contributed by atoms with Crippen molar-refractivity contribution in [2.45, 2.75) is 0 Å². The van der Waals surface area contributed by atoms with E-state index in [4.69, 9.17) is 37.8 Å². The molecule has 0 saturated carbocycles. The van der Waals surface area contributed by atoms with Crippen LogP contribution >= 0.6 is 23.2 Å². The zero-order valence-corrected chi connectivity index (χ0v) is 10.7. The van der Waals surface area contributed by atoms with Gasteiger partial charge in [-0.2, -0.15) is 0 Å². The average Bonchev–Trinajstić information content (AvgIpc) is 2.27. The molecule has 0 aliphatic rings. The first-order valence-corrected chi connectivity index (χ1v) is 5.27. The van der Waals surface area contributed by atoms with E-state index in [0.717, 1.165) is 0 Å². The van der Waals surface area contributed by atoms with Crippen molar-refractivity contribution >= 4 is 35.2 Å². The maximum Gasteiger partial charge on any atom is 0.336 e. The average molecular weight is 277 g/mol. The van der Waals surface area contributed by atoms with Crippen molar-refractivity contribution in [2.24, 2.45) is 0 Å². The Kier molecular flexibility index (Phi) is 4.66. The van der Waals surface area contributed by atoms with E-state index >= 15 is 0 Å². The van der Waals surface area contributed by atoms with Gasteiger partial charge in [-0.3, -0.25) is 0 Å². The number of carboxylic acids is 1. The summed E-state index contributed by atoms with van der Waals surface area (Å²) < 4.78 is 10.0. The molecule has 92 valence electrons. The smallest absolute Gasteiger partial charge is 0.336 e. The highest BCUT2D eigenvalue weighted by Crippen LogP contribution is 2.32. The van der Waals surface area contributed by atoms with Crippen molar-refractivity contribution in [3.05, 3.63) is 27.8 Å². The largest absolute Gasteiger partial charge is 0.493 e. The molecule has 0 aromatic heterocycles. The summed E-state index contributed by atoms with van der Waals surface area (Å²) in [6.45, 7) is 0. The molecule has 0 fully saturated rings. The topological polar surface area (TPSA) is 55.8 Å². The number of carboxylic acid groups (broad SMARTS) is 1. The molecule has 17 heavy (non-hydrogen) atoms. The van der Waals surface area contributed by atoms with Crippen LogP contribution in [0.1, 0.15) is 15.9 Å². The first-order chi connectivity index (χ1) is 7.99. The van der Waals surface area contributed by atoms with Crippen LogP contribution in [0.2, 0.25) is 0 Å². The Morgan fingerprint density at radius 3 is 2.18 bits per heavy atom. The van der Waals surface area contributed by atoms with E-state index in [2.05, 4.69) is 0 Å². The Labute approximate surface area is 108 Å². The van der Waals surface area contributed by atoms with Gasteiger partial charge in [0, 0.05) is 0 Å². The second kappa shape index (κ2) is 5.80. The van der Waals surface area contributed by atoms with E-state index in [-0.39, 0.29) is 10.1 Å². The Bertz CT molecular complexity index is 465. The number of carbonyl (C=O) groups is 1. The van der Waals surface area contributed by atoms with E-state index in [1.54, 1.807) is 0 Å². The molecular formula is C11H10Cl2O4. The molecule has 1 rings (SSSR count). The van der Waals surface area contributed by atoms with Crippen molar-refractivity contribution in [2.75, 3.05) is 14.2 Å². The molecule has 0 amide bonds. The van der Waals surface area contributed by atoms with Gasteiger partial charge in [0.05, 0.1) is 19.8 Å². The fraction of sp³-hybridized carbons (Fsp3) is 0.182. The van der Waals surface area contributed by atoms with Crippen LogP contribution in [0.5, 0.6) is 11.5 Å². The second-order valence-electron chi connectivity index (χ2n) is 3.03. The summed E-state index contributed by atoms with van der Waals surface area (Å²) in [6, 6.07) is 2.84. The van der Waals surface area contributed by atoms with Gasteiger partial charge in [-0.25, -0.2) is 4.79 Å². The number of ether oxygens (including phenoxy) is 2. The monoisotopic (exact) mass is 276 g/mol. The van der Waals surface area contributed by atoms with Crippen molar-refractivity contribution < 1.29 is 19.4 Å². The predicted octanol–water partition coefficient (Wildman–Crippen LogP) is 3.18. The summed E-state index contributed by atoms with van der Waals surface area (Å²) in [5.74, 6) is -0.377. The molecule has 0 saturated heterocycles. The number of rotatable bonds is 4. The number of methoxy groups -OCH3 is 2. The lowest BCUT2D eigenvalue weighted by Crippen LogP contribution is -2.02. The van der Waals surface area contributed by atoms with Crippen molar-refractivity contribution in [3.63, 3.8) is 0 Å². The quantitative estimate of drug-likeness (QED) is 0.918. The molecule has 1 aromatic carbocycles. The van der Waals surface area contributed by atoms with Gasteiger partial charge in [-0.15, -0.1) is 0 Å². The lowest BCUT2D eigenvalue weighted by Gasteiger charge is -2.10. The van der Waals surface area contributed by atoms with Crippen molar-refractivity contribution in [1.82, 2.24) is 0 Å². The molecule has 0 radical (unpaired) electrons. The third kappa shape index (κ3) is 3.28. The molecule has 0 heterocycles. The van der Waals surface area contributed by atoms with Crippen LogP contribution in [0.15, 0.2) is 16.6 Å². The number of halogens is 2. The molecule has 1 aromatic rings. The van der Waals surface area contributed by atoms with Crippen molar-refractivity contribution in [1.29, 1.82) is 0 Å². The molecule has 4 nitrogen and oxygen atoms in total. The lowest BCUT2D eigenvalue weighted by atomic mass is 10.1. The summed E-state index contributed by atoms with van der Waals surface area (Å²) in [5, 5.41) is 9.05. The van der Waals surface area contributed by atoms with Gasteiger partial charge in [0.15, 0.2) is 11.5 Å². The fourth-order valence-corrected chi connectivity index (χ4v) is 1.55. The molecule has 6 heteroatoms. The Balaban J connectivity index is 3.45. The SMILES string of the molecule is COc1cc(C=C(Cl)Cl)c(C(=O)O)cc1OC. The van der Waals surface area contributed by atoms with E-state index in [9.17, 15) is 4.79 Å². The highest BCUT2D eigenvalue weighted by Gasteiger charge is 2.15. The van der Waals surface area contributed by atoms with Crippen LogP contribution in [0.4, 0.5) is 0 Å². The molecule has 0 bridgehead atoms. The molecule has 0 aliphatic heterocycles. The number of hydrogen-bond acceptors (Lipinski definition) is 3. The zero-order valence-electron chi connectivity index (χ0n) is 9.16. The maximum absolute atomic E-state index is 11.1. The summed E-state index contributed by atoms with van der Waals surface area (Å²) in [6.07, 6.45) is 1.33. The fourth-order valence-electron chi connectivity index (χ4n) is 1.32. The molecule has 0 aliphatic carbocycles. The zero-order chi connectivity index (χ0) is 13.0. The second-order valence-corrected chi connectivity index (χ2v) is 4.04. The van der Waals surface area contributed by atoms with Gasteiger partial charge in [-0.1, -0.05) is 23.2 Å². The van der Waals surface area contributed by atoms with E-state index < -0.39 is 5.97 Å². The van der Waals surface area contributed by atoms with Crippen LogP contribution in [-0.4, -0.2) is 25.3 Å². The third-order valence-corrected chi connectivity index (χ3v) is 2.27. The van der Waals surface area contributed by atoms with Gasteiger partial charge in [0.1, 0.15) is 4.49 Å². The van der Waals surface area contributed by atoms with E-state index in [0.29, 0.717) is 17.1 Å². The van der Waals surface area contributed by atoms with Gasteiger partial charge < -0.3 is 14.6 Å². The van der Waals surface area contributed by atoms with Crippen LogP contribution < -0.4 is 9.47 Å².